The number of halogens is 2. The minimum Gasteiger partial charge on any atom is -0.491 e. The summed E-state index contributed by atoms with van der Waals surface area (Å²) in [5, 5.41) is 10.6. The van der Waals surface area contributed by atoms with Crippen molar-refractivity contribution in [2.24, 2.45) is 11.7 Å². The molecular weight excluding hydrogens is 554 g/mol. The Morgan fingerprint density at radius 1 is 1.21 bits per heavy atom. The second kappa shape index (κ2) is 11.2. The topological polar surface area (TPSA) is 123 Å². The zero-order valence-electron chi connectivity index (χ0n) is 24.5. The van der Waals surface area contributed by atoms with E-state index in [0.29, 0.717) is 43.2 Å². The molecule has 4 heterocycles. The van der Waals surface area contributed by atoms with Crippen LogP contribution >= 0.6 is 0 Å². The second-order valence-electron chi connectivity index (χ2n) is 11.6. The van der Waals surface area contributed by atoms with Crippen molar-refractivity contribution in [3.05, 3.63) is 70.8 Å². The number of amides is 2. The van der Waals surface area contributed by atoms with Crippen molar-refractivity contribution >= 4 is 23.2 Å². The van der Waals surface area contributed by atoms with Crippen molar-refractivity contribution in [2.75, 3.05) is 28.7 Å². The summed E-state index contributed by atoms with van der Waals surface area (Å²) in [4.78, 5) is 22.6. The van der Waals surface area contributed by atoms with E-state index in [2.05, 4.69) is 46.3 Å². The molecule has 2 aromatic carbocycles. The number of urea groups is 1. The highest BCUT2D eigenvalue weighted by atomic mass is 19.1. The molecule has 0 radical (unpaired) electrons. The highest BCUT2D eigenvalue weighted by Gasteiger charge is 2.33. The molecule has 0 spiro atoms. The SMILES string of the molecule is Cc1cccc(OCC(C)C)c1-n1nc2c(c1-c1cc(F)c(NC(N)=O)cc1F)CN(c1ncnc3c1NC(C)C3)CC2. The van der Waals surface area contributed by atoms with Gasteiger partial charge in [-0.05, 0) is 37.5 Å². The van der Waals surface area contributed by atoms with Gasteiger partial charge in [0.1, 0.15) is 29.4 Å². The Morgan fingerprint density at radius 2 is 2.02 bits per heavy atom. The standard InChI is InChI=1S/C31H34F2N8O2/c1-16(2)14-43-26-7-5-6-17(3)28(26)41-29(19-11-22(33)24(12-21(19)32)38-31(34)42)20-13-40(9-8-23(20)39-41)30-27-25(35-15-36-30)10-18(4)37-27/h5-7,11-12,15-16,18,37H,8-10,13-14H2,1-4H3,(H3,34,38,42). The highest BCUT2D eigenvalue weighted by Crippen LogP contribution is 2.41. The molecule has 224 valence electrons. The third-order valence-electron chi connectivity index (χ3n) is 7.68. The summed E-state index contributed by atoms with van der Waals surface area (Å²) in [6, 6.07) is 6.95. The molecule has 0 saturated heterocycles. The second-order valence-corrected chi connectivity index (χ2v) is 11.6. The normalized spacial score (nSPS) is 15.7. The number of carbonyl (C=O) groups is 1. The first-order valence-electron chi connectivity index (χ1n) is 14.4. The Hall–Kier alpha value is -4.74. The highest BCUT2D eigenvalue weighted by molar-refractivity contribution is 5.88. The van der Waals surface area contributed by atoms with Gasteiger partial charge in [0.05, 0.1) is 35.1 Å². The minimum absolute atomic E-state index is 0.000784. The van der Waals surface area contributed by atoms with Crippen molar-refractivity contribution in [1.29, 1.82) is 0 Å². The first kappa shape index (κ1) is 28.4. The molecule has 0 aliphatic carbocycles. The molecule has 1 unspecified atom stereocenters. The van der Waals surface area contributed by atoms with Crippen LogP contribution in [0.25, 0.3) is 16.9 Å². The third-order valence-corrected chi connectivity index (χ3v) is 7.68. The van der Waals surface area contributed by atoms with E-state index in [4.69, 9.17) is 15.6 Å². The molecule has 0 fully saturated rings. The van der Waals surface area contributed by atoms with Crippen LogP contribution in [-0.2, 0) is 19.4 Å². The molecule has 4 N–H and O–H groups in total. The summed E-state index contributed by atoms with van der Waals surface area (Å²) < 4.78 is 39.1. The number of benzene rings is 2. The third kappa shape index (κ3) is 5.33. The van der Waals surface area contributed by atoms with E-state index >= 15 is 8.78 Å². The van der Waals surface area contributed by atoms with Crippen LogP contribution in [0.3, 0.4) is 0 Å². The molecule has 2 aliphatic heterocycles. The fourth-order valence-corrected chi connectivity index (χ4v) is 5.77. The monoisotopic (exact) mass is 588 g/mol. The summed E-state index contributed by atoms with van der Waals surface area (Å²) in [6.45, 7) is 9.61. The Labute approximate surface area is 248 Å². The van der Waals surface area contributed by atoms with Gasteiger partial charge in [-0.2, -0.15) is 5.10 Å². The predicted molar refractivity (Wildman–Crippen MR) is 161 cm³/mol. The molecule has 0 saturated carbocycles. The van der Waals surface area contributed by atoms with Gasteiger partial charge in [0.25, 0.3) is 0 Å². The van der Waals surface area contributed by atoms with E-state index in [1.54, 1.807) is 11.0 Å². The van der Waals surface area contributed by atoms with E-state index in [1.165, 1.54) is 0 Å². The lowest BCUT2D eigenvalue weighted by molar-refractivity contribution is 0.259. The van der Waals surface area contributed by atoms with Crippen molar-refractivity contribution in [2.45, 2.75) is 53.1 Å². The maximum Gasteiger partial charge on any atom is 0.316 e. The number of aryl methyl sites for hydroxylation is 1. The zero-order valence-corrected chi connectivity index (χ0v) is 24.5. The number of nitrogens with one attached hydrogen (secondary N) is 2. The van der Waals surface area contributed by atoms with Gasteiger partial charge in [0.15, 0.2) is 5.82 Å². The van der Waals surface area contributed by atoms with Crippen LogP contribution in [0.4, 0.5) is 30.8 Å². The average molecular weight is 589 g/mol. The maximum atomic E-state index is 15.9. The van der Waals surface area contributed by atoms with Crippen molar-refractivity contribution < 1.29 is 18.3 Å². The number of hydrogen-bond acceptors (Lipinski definition) is 7. The van der Waals surface area contributed by atoms with Gasteiger partial charge in [0.2, 0.25) is 0 Å². The summed E-state index contributed by atoms with van der Waals surface area (Å²) in [5.74, 6) is 0.0738. The van der Waals surface area contributed by atoms with E-state index in [9.17, 15) is 4.79 Å². The molecule has 12 heteroatoms. The molecule has 4 aromatic rings. The molecular formula is C31H34F2N8O2. The van der Waals surface area contributed by atoms with E-state index in [0.717, 1.165) is 52.6 Å². The summed E-state index contributed by atoms with van der Waals surface area (Å²) >= 11 is 0. The van der Waals surface area contributed by atoms with Crippen LogP contribution in [0.1, 0.15) is 43.3 Å². The van der Waals surface area contributed by atoms with E-state index in [-0.39, 0.29) is 23.2 Å². The van der Waals surface area contributed by atoms with Crippen LogP contribution < -0.4 is 26.0 Å². The van der Waals surface area contributed by atoms with E-state index in [1.807, 2.05) is 25.1 Å². The summed E-state index contributed by atoms with van der Waals surface area (Å²) in [5.41, 5.74) is 10.1. The number of nitrogens with two attached hydrogens (primary N) is 1. The van der Waals surface area contributed by atoms with Gasteiger partial charge in [-0.15, -0.1) is 0 Å². The van der Waals surface area contributed by atoms with Crippen molar-refractivity contribution in [1.82, 2.24) is 19.7 Å². The van der Waals surface area contributed by atoms with Gasteiger partial charge in [-0.1, -0.05) is 26.0 Å². The minimum atomic E-state index is -0.990. The lowest BCUT2D eigenvalue weighted by atomic mass is 9.99. The van der Waals surface area contributed by atoms with Crippen LogP contribution in [0, 0.1) is 24.5 Å². The van der Waals surface area contributed by atoms with Gasteiger partial charge < -0.3 is 26.0 Å². The Balaban J connectivity index is 1.53. The lowest BCUT2D eigenvalue weighted by Gasteiger charge is -2.29. The summed E-state index contributed by atoms with van der Waals surface area (Å²) in [7, 11) is 0. The quantitative estimate of drug-likeness (QED) is 0.266. The number of carbonyl (C=O) groups excluding carboxylic acids is 1. The number of hydrogen-bond donors (Lipinski definition) is 3. The smallest absolute Gasteiger partial charge is 0.316 e. The van der Waals surface area contributed by atoms with Gasteiger partial charge >= 0.3 is 6.03 Å². The number of fused-ring (bicyclic) bond motifs is 2. The maximum absolute atomic E-state index is 15.9. The zero-order chi connectivity index (χ0) is 30.4. The molecule has 10 nitrogen and oxygen atoms in total. The Kier molecular flexibility index (Phi) is 7.37. The van der Waals surface area contributed by atoms with Crippen LogP contribution in [-0.4, -0.2) is 45.0 Å². The number of ether oxygens (including phenoxy) is 1. The van der Waals surface area contributed by atoms with E-state index < -0.39 is 17.7 Å². The van der Waals surface area contributed by atoms with Crippen LogP contribution in [0.2, 0.25) is 0 Å². The fourth-order valence-electron chi connectivity index (χ4n) is 5.77. The molecule has 2 amide bonds. The molecule has 6 rings (SSSR count). The number of rotatable bonds is 7. The number of anilines is 3. The molecule has 2 aliphatic rings. The molecule has 2 aromatic heterocycles. The number of nitrogens with zero attached hydrogens (tertiary/aromatic N) is 5. The molecule has 1 atom stereocenters. The number of para-hydroxylation sites is 1. The first-order chi connectivity index (χ1) is 20.6. The molecule has 0 bridgehead atoms. The number of aromatic nitrogens is 4. The van der Waals surface area contributed by atoms with Gasteiger partial charge in [0, 0.05) is 49.2 Å². The van der Waals surface area contributed by atoms with Crippen LogP contribution in [0.15, 0.2) is 36.7 Å². The van der Waals surface area contributed by atoms with Crippen molar-refractivity contribution in [3.63, 3.8) is 0 Å². The Morgan fingerprint density at radius 3 is 2.79 bits per heavy atom. The largest absolute Gasteiger partial charge is 0.491 e. The van der Waals surface area contributed by atoms with Gasteiger partial charge in [-0.25, -0.2) is 28.2 Å². The predicted octanol–water partition coefficient (Wildman–Crippen LogP) is 5.36. The number of primary amides is 1. The van der Waals surface area contributed by atoms with Crippen LogP contribution in [0.5, 0.6) is 5.75 Å². The van der Waals surface area contributed by atoms with Crippen molar-refractivity contribution in [3.8, 4) is 22.7 Å². The lowest BCUT2D eigenvalue weighted by Crippen LogP contribution is -2.31. The summed E-state index contributed by atoms with van der Waals surface area (Å²) in [6.07, 6.45) is 2.93. The molecule has 43 heavy (non-hydrogen) atoms. The first-order valence-corrected chi connectivity index (χ1v) is 14.4. The fraction of sp³-hybridized carbons (Fsp3) is 0.355. The van der Waals surface area contributed by atoms with Gasteiger partial charge in [-0.3, -0.25) is 0 Å². The average Bonchev–Trinajstić information content (AvgIpc) is 3.52. The Bertz CT molecular complexity index is 1720.